The molecule has 8 heteroatoms. The van der Waals surface area contributed by atoms with E-state index in [0.29, 0.717) is 21.6 Å². The number of rotatable bonds is 3. The molecule has 0 saturated carbocycles. The van der Waals surface area contributed by atoms with Crippen LogP contribution in [-0.4, -0.2) is 4.57 Å². The summed E-state index contributed by atoms with van der Waals surface area (Å²) in [5.74, 6) is 1.62. The van der Waals surface area contributed by atoms with E-state index in [4.69, 9.17) is 8.83 Å². The summed E-state index contributed by atoms with van der Waals surface area (Å²) in [4.78, 5) is -0.671. The molecule has 0 bridgehead atoms. The van der Waals surface area contributed by atoms with Crippen LogP contribution in [0.25, 0.3) is 71.7 Å². The lowest BCUT2D eigenvalue weighted by Crippen LogP contribution is -2.30. The first kappa shape index (κ1) is 24.9. The second kappa shape index (κ2) is 8.84. The van der Waals surface area contributed by atoms with Gasteiger partial charge in [0.05, 0.1) is 12.6 Å². The molecule has 8 aromatic rings. The van der Waals surface area contributed by atoms with E-state index in [9.17, 15) is 13.2 Å². The zero-order chi connectivity index (χ0) is 28.7. The largest absolute Gasteiger partial charge is 0.456 e. The van der Waals surface area contributed by atoms with Crippen LogP contribution in [0.15, 0.2) is 106 Å². The van der Waals surface area contributed by atoms with E-state index in [-0.39, 0.29) is 11.3 Å². The molecule has 4 nitrogen and oxygen atoms in total. The zero-order valence-electron chi connectivity index (χ0n) is 22.5. The number of halogens is 3. The van der Waals surface area contributed by atoms with Crippen molar-refractivity contribution in [2.75, 3.05) is 0 Å². The highest BCUT2D eigenvalue weighted by Gasteiger charge is 2.39. The highest BCUT2D eigenvalue weighted by Crippen LogP contribution is 2.49. The predicted molar refractivity (Wildman–Crippen MR) is 160 cm³/mol. The van der Waals surface area contributed by atoms with Crippen molar-refractivity contribution in [2.45, 2.75) is 13.1 Å². The fourth-order valence-corrected chi connectivity index (χ4v) is 7.11. The molecule has 0 aliphatic heterocycles. The topological polar surface area (TPSA) is 35.1 Å². The summed E-state index contributed by atoms with van der Waals surface area (Å²) < 4.78 is 60.5. The molecule has 42 heavy (non-hydrogen) atoms. The molecule has 206 valence electrons. The standard InChI is InChI=1S/C34H22F3N2O2S/c1-19-15-29-23(31(32(42-29)34(35,36)37)28-16-20-9-3-7-13-26(20)40-28)18-22(19)33-38(2)24-11-5-6-12-25(24)39(33)30-17-21-10-4-8-14-27(21)41-30/h3-18H,1-2H3/q+1. The molecule has 0 unspecified atom stereocenters. The molecule has 4 heterocycles. The normalized spacial score (nSPS) is 12.4. The van der Waals surface area contributed by atoms with E-state index in [0.717, 1.165) is 55.7 Å². The Kier molecular flexibility index (Phi) is 5.25. The van der Waals surface area contributed by atoms with Gasteiger partial charge in [0.25, 0.3) is 11.7 Å². The summed E-state index contributed by atoms with van der Waals surface area (Å²) in [6, 6.07) is 30.4. The number of imidazole rings is 1. The molecule has 0 aliphatic rings. The van der Waals surface area contributed by atoms with Crippen molar-refractivity contribution in [3.8, 4) is 28.6 Å². The van der Waals surface area contributed by atoms with Crippen molar-refractivity contribution in [3.63, 3.8) is 0 Å². The van der Waals surface area contributed by atoms with Gasteiger partial charge < -0.3 is 8.83 Å². The van der Waals surface area contributed by atoms with Crippen LogP contribution in [0.2, 0.25) is 0 Å². The maximum atomic E-state index is 14.5. The maximum absolute atomic E-state index is 14.5. The Morgan fingerprint density at radius 1 is 0.786 bits per heavy atom. The van der Waals surface area contributed by atoms with Crippen molar-refractivity contribution in [2.24, 2.45) is 7.05 Å². The summed E-state index contributed by atoms with van der Waals surface area (Å²) >= 11 is 0.749. The lowest BCUT2D eigenvalue weighted by Gasteiger charge is -2.08. The van der Waals surface area contributed by atoms with Crippen molar-refractivity contribution >= 4 is 54.4 Å². The summed E-state index contributed by atoms with van der Waals surface area (Å²) in [6.07, 6.45) is -4.54. The van der Waals surface area contributed by atoms with Crippen LogP contribution in [-0.2, 0) is 13.2 Å². The van der Waals surface area contributed by atoms with Gasteiger partial charge in [0.2, 0.25) is 0 Å². The number of benzene rings is 4. The van der Waals surface area contributed by atoms with Gasteiger partial charge in [-0.15, -0.1) is 11.3 Å². The fraction of sp³-hybridized carbons (Fsp3) is 0.0882. The van der Waals surface area contributed by atoms with Gasteiger partial charge in [0, 0.05) is 32.5 Å². The van der Waals surface area contributed by atoms with Crippen LogP contribution < -0.4 is 4.57 Å². The van der Waals surface area contributed by atoms with Gasteiger partial charge in [-0.2, -0.15) is 17.7 Å². The Hall–Kier alpha value is -4.82. The maximum Gasteiger partial charge on any atom is 0.426 e. The number of aryl methyl sites for hydroxylation is 2. The van der Waals surface area contributed by atoms with E-state index >= 15 is 0 Å². The Morgan fingerprint density at radius 2 is 1.45 bits per heavy atom. The van der Waals surface area contributed by atoms with Crippen LogP contribution in [0.3, 0.4) is 0 Å². The Balaban J connectivity index is 1.45. The summed E-state index contributed by atoms with van der Waals surface area (Å²) in [7, 11) is 1.97. The average Bonchev–Trinajstić information content (AvgIpc) is 3.73. The molecule has 4 aromatic heterocycles. The van der Waals surface area contributed by atoms with Crippen molar-refractivity contribution < 1.29 is 26.6 Å². The van der Waals surface area contributed by atoms with Gasteiger partial charge in [0.1, 0.15) is 21.8 Å². The molecular formula is C34H22F3N2O2S+. The van der Waals surface area contributed by atoms with Crippen LogP contribution in [0.4, 0.5) is 13.2 Å². The van der Waals surface area contributed by atoms with Crippen molar-refractivity contribution in [3.05, 3.63) is 108 Å². The molecule has 4 aromatic carbocycles. The van der Waals surface area contributed by atoms with Crippen LogP contribution in [0.5, 0.6) is 0 Å². The Bertz CT molecular complexity index is 2270. The smallest absolute Gasteiger partial charge is 0.426 e. The van der Waals surface area contributed by atoms with E-state index in [1.54, 1.807) is 12.1 Å². The summed E-state index contributed by atoms with van der Waals surface area (Å²) in [5, 5.41) is 2.21. The minimum Gasteiger partial charge on any atom is -0.456 e. The number of thiophene rings is 1. The van der Waals surface area contributed by atoms with Gasteiger partial charge in [-0.3, -0.25) is 0 Å². The van der Waals surface area contributed by atoms with Gasteiger partial charge in [-0.1, -0.05) is 48.5 Å². The number of nitrogens with zero attached hydrogens (tertiary/aromatic N) is 2. The zero-order valence-corrected chi connectivity index (χ0v) is 23.3. The first-order valence-corrected chi connectivity index (χ1v) is 14.2. The Morgan fingerprint density at radius 3 is 2.17 bits per heavy atom. The van der Waals surface area contributed by atoms with Gasteiger partial charge in [-0.05, 0) is 55.0 Å². The molecule has 0 atom stereocenters. The van der Waals surface area contributed by atoms with Crippen LogP contribution >= 0.6 is 11.3 Å². The lowest BCUT2D eigenvalue weighted by molar-refractivity contribution is -0.633. The summed E-state index contributed by atoms with van der Waals surface area (Å²) in [5.41, 5.74) is 4.90. The second-order valence-corrected chi connectivity index (χ2v) is 11.5. The number of para-hydroxylation sites is 4. The Labute approximate surface area is 241 Å². The van der Waals surface area contributed by atoms with E-state index in [2.05, 4.69) is 4.57 Å². The number of aromatic nitrogens is 2. The molecule has 0 amide bonds. The van der Waals surface area contributed by atoms with E-state index < -0.39 is 11.1 Å². The fourth-order valence-electron chi connectivity index (χ4n) is 5.95. The predicted octanol–water partition coefficient (Wildman–Crippen LogP) is 9.82. The molecular weight excluding hydrogens is 557 g/mol. The number of hydrogen-bond donors (Lipinski definition) is 0. The molecule has 0 aliphatic carbocycles. The third-order valence-corrected chi connectivity index (χ3v) is 9.05. The first-order chi connectivity index (χ1) is 20.3. The number of furan rings is 2. The van der Waals surface area contributed by atoms with Crippen LogP contribution in [0.1, 0.15) is 10.4 Å². The van der Waals surface area contributed by atoms with Crippen molar-refractivity contribution in [1.29, 1.82) is 0 Å². The molecule has 0 saturated heterocycles. The van der Waals surface area contributed by atoms with Gasteiger partial charge in [0.15, 0.2) is 11.0 Å². The third-order valence-electron chi connectivity index (χ3n) is 7.85. The second-order valence-electron chi connectivity index (χ2n) is 10.4. The molecule has 8 rings (SSSR count). The van der Waals surface area contributed by atoms with E-state index in [1.165, 1.54) is 0 Å². The molecule has 0 N–H and O–H groups in total. The molecule has 0 fully saturated rings. The van der Waals surface area contributed by atoms with E-state index in [1.807, 2.05) is 103 Å². The van der Waals surface area contributed by atoms with Crippen molar-refractivity contribution in [1.82, 2.24) is 4.57 Å². The summed E-state index contributed by atoms with van der Waals surface area (Å²) in [6.45, 7) is 1.93. The highest BCUT2D eigenvalue weighted by atomic mass is 32.1. The number of alkyl halides is 3. The number of hydrogen-bond acceptors (Lipinski definition) is 3. The first-order valence-electron chi connectivity index (χ1n) is 13.4. The highest BCUT2D eigenvalue weighted by molar-refractivity contribution is 7.19. The molecule has 0 radical (unpaired) electrons. The SMILES string of the molecule is Cc1cc2sc(C(F)(F)F)c(-c3cc4ccccc4o3)c2cc1-c1n(-c2cc3ccccc3o2)c2ccccc2[n+]1C. The third kappa shape index (κ3) is 3.65. The number of fused-ring (bicyclic) bond motifs is 4. The van der Waals surface area contributed by atoms with Crippen LogP contribution in [0, 0.1) is 6.92 Å². The molecule has 0 spiro atoms. The lowest BCUT2D eigenvalue weighted by atomic mass is 10.0. The van der Waals surface area contributed by atoms with Gasteiger partial charge >= 0.3 is 6.18 Å². The average molecular weight is 580 g/mol. The quantitative estimate of drug-likeness (QED) is 0.195. The minimum absolute atomic E-state index is 0.0639. The van der Waals surface area contributed by atoms with Gasteiger partial charge in [-0.25, -0.2) is 4.57 Å². The minimum atomic E-state index is -4.54. The monoisotopic (exact) mass is 579 g/mol.